The van der Waals surface area contributed by atoms with Gasteiger partial charge in [-0.1, -0.05) is 35.0 Å². The number of aromatic nitrogens is 3. The predicted octanol–water partition coefficient (Wildman–Crippen LogP) is 1.10. The summed E-state index contributed by atoms with van der Waals surface area (Å²) in [6.45, 7) is 6.67. The minimum Gasteiger partial charge on any atom is -0.378 e. The average molecular weight is 412 g/mol. The van der Waals surface area contributed by atoms with Crippen LogP contribution in [-0.4, -0.2) is 69.6 Å². The molecular weight excluding hydrogens is 384 g/mol. The molecule has 0 bridgehead atoms. The van der Waals surface area contributed by atoms with E-state index in [9.17, 15) is 9.59 Å². The summed E-state index contributed by atoms with van der Waals surface area (Å²) in [7, 11) is 0. The quantitative estimate of drug-likeness (QED) is 0.794. The number of amides is 3. The van der Waals surface area contributed by atoms with Gasteiger partial charge in [-0.3, -0.25) is 4.79 Å². The summed E-state index contributed by atoms with van der Waals surface area (Å²) in [5.41, 5.74) is 3.98. The van der Waals surface area contributed by atoms with E-state index in [1.54, 1.807) is 4.90 Å². The molecule has 4 rings (SSSR count). The molecule has 160 valence electrons. The molecule has 0 unspecified atom stereocenters. The van der Waals surface area contributed by atoms with Crippen LogP contribution >= 0.6 is 0 Å². The zero-order chi connectivity index (χ0) is 20.9. The fourth-order valence-corrected chi connectivity index (χ4v) is 3.76. The summed E-state index contributed by atoms with van der Waals surface area (Å²) in [4.78, 5) is 28.7. The van der Waals surface area contributed by atoms with Gasteiger partial charge in [0.2, 0.25) is 5.91 Å². The Morgan fingerprint density at radius 1 is 1.07 bits per heavy atom. The van der Waals surface area contributed by atoms with Crippen molar-refractivity contribution in [1.29, 1.82) is 0 Å². The summed E-state index contributed by atoms with van der Waals surface area (Å²) in [5, 5.41) is 11.5. The first-order valence-electron chi connectivity index (χ1n) is 10.5. The first kappa shape index (κ1) is 20.3. The fraction of sp³-hybridized carbons (Fsp3) is 0.524. The number of hydrogen-bond acceptors (Lipinski definition) is 5. The molecule has 2 aliphatic rings. The highest BCUT2D eigenvalue weighted by Crippen LogP contribution is 2.17. The number of carbonyl (C=O) groups excluding carboxylic acids is 2. The maximum Gasteiger partial charge on any atom is 0.318 e. The van der Waals surface area contributed by atoms with Gasteiger partial charge in [-0.25, -0.2) is 9.48 Å². The van der Waals surface area contributed by atoms with Crippen molar-refractivity contribution in [2.24, 2.45) is 0 Å². The summed E-state index contributed by atoms with van der Waals surface area (Å²) < 4.78 is 7.14. The van der Waals surface area contributed by atoms with E-state index in [1.165, 1.54) is 5.56 Å². The molecule has 1 saturated heterocycles. The van der Waals surface area contributed by atoms with Crippen molar-refractivity contribution < 1.29 is 14.3 Å². The van der Waals surface area contributed by atoms with Crippen molar-refractivity contribution in [3.05, 3.63) is 46.8 Å². The first-order valence-corrected chi connectivity index (χ1v) is 10.5. The van der Waals surface area contributed by atoms with Crippen LogP contribution in [0.4, 0.5) is 4.79 Å². The third kappa shape index (κ3) is 4.79. The first-order chi connectivity index (χ1) is 14.6. The number of aryl methyl sites for hydroxylation is 2. The Bertz CT molecular complexity index is 889. The van der Waals surface area contributed by atoms with Crippen LogP contribution in [0.25, 0.3) is 0 Å². The van der Waals surface area contributed by atoms with E-state index in [0.29, 0.717) is 65.3 Å². The molecule has 3 amide bonds. The second kappa shape index (κ2) is 9.25. The molecule has 9 heteroatoms. The van der Waals surface area contributed by atoms with Crippen LogP contribution in [0, 0.1) is 6.92 Å². The van der Waals surface area contributed by atoms with Crippen LogP contribution in [0.1, 0.15) is 28.9 Å². The van der Waals surface area contributed by atoms with Crippen molar-refractivity contribution in [2.75, 3.05) is 32.8 Å². The van der Waals surface area contributed by atoms with Gasteiger partial charge < -0.3 is 19.9 Å². The lowest BCUT2D eigenvalue weighted by Gasteiger charge is -2.28. The number of hydrogen-bond donors (Lipinski definition) is 1. The van der Waals surface area contributed by atoms with E-state index in [4.69, 9.17) is 4.74 Å². The van der Waals surface area contributed by atoms with E-state index < -0.39 is 0 Å². The van der Waals surface area contributed by atoms with Gasteiger partial charge in [0.05, 0.1) is 37.7 Å². The number of morpholine rings is 1. The second-order valence-electron chi connectivity index (χ2n) is 7.76. The number of nitrogens with zero attached hydrogens (tertiary/aromatic N) is 5. The summed E-state index contributed by atoms with van der Waals surface area (Å²) in [5.74, 6) is 0.114. The highest BCUT2D eigenvalue weighted by atomic mass is 16.5. The van der Waals surface area contributed by atoms with Crippen LogP contribution in [0.5, 0.6) is 0 Å². The normalized spacial score (nSPS) is 16.3. The summed E-state index contributed by atoms with van der Waals surface area (Å²) in [6, 6.07) is 8.02. The van der Waals surface area contributed by atoms with Gasteiger partial charge >= 0.3 is 6.03 Å². The van der Waals surface area contributed by atoms with E-state index >= 15 is 0 Å². The second-order valence-corrected chi connectivity index (χ2v) is 7.76. The predicted molar refractivity (Wildman–Crippen MR) is 110 cm³/mol. The molecule has 1 N–H and O–H groups in total. The lowest BCUT2D eigenvalue weighted by molar-refractivity contribution is -0.135. The molecule has 3 heterocycles. The number of urea groups is 1. The van der Waals surface area contributed by atoms with Gasteiger partial charge in [-0.2, -0.15) is 0 Å². The Morgan fingerprint density at radius 3 is 2.60 bits per heavy atom. The zero-order valence-electron chi connectivity index (χ0n) is 17.3. The topological polar surface area (TPSA) is 92.6 Å². The minimum atomic E-state index is -0.0987. The van der Waals surface area contributed by atoms with Crippen LogP contribution in [0.15, 0.2) is 24.3 Å². The van der Waals surface area contributed by atoms with Crippen molar-refractivity contribution in [3.8, 4) is 0 Å². The third-order valence-corrected chi connectivity index (χ3v) is 5.63. The number of benzene rings is 1. The molecule has 1 aromatic heterocycles. The van der Waals surface area contributed by atoms with E-state index in [-0.39, 0.29) is 11.9 Å². The van der Waals surface area contributed by atoms with Crippen molar-refractivity contribution in [3.63, 3.8) is 0 Å². The van der Waals surface area contributed by atoms with E-state index in [1.807, 2.05) is 40.8 Å². The molecule has 1 aromatic carbocycles. The molecule has 2 aliphatic heterocycles. The zero-order valence-corrected chi connectivity index (χ0v) is 17.3. The van der Waals surface area contributed by atoms with Crippen LogP contribution in [-0.2, 0) is 35.6 Å². The number of carbonyl (C=O) groups is 2. The van der Waals surface area contributed by atoms with Gasteiger partial charge in [-0.15, -0.1) is 5.10 Å². The van der Waals surface area contributed by atoms with Gasteiger partial charge in [0, 0.05) is 39.0 Å². The summed E-state index contributed by atoms with van der Waals surface area (Å²) >= 11 is 0. The monoisotopic (exact) mass is 412 g/mol. The Balaban J connectivity index is 1.31. The molecule has 9 nitrogen and oxygen atoms in total. The van der Waals surface area contributed by atoms with Gasteiger partial charge in [0.15, 0.2) is 0 Å². The van der Waals surface area contributed by atoms with Crippen molar-refractivity contribution in [2.45, 2.75) is 39.4 Å². The maximum atomic E-state index is 12.6. The Morgan fingerprint density at radius 2 is 1.83 bits per heavy atom. The average Bonchev–Trinajstić information content (AvgIpc) is 3.19. The molecular formula is C21H28N6O3. The fourth-order valence-electron chi connectivity index (χ4n) is 3.76. The number of rotatable bonds is 5. The van der Waals surface area contributed by atoms with Crippen LogP contribution < -0.4 is 5.32 Å². The molecule has 0 aliphatic carbocycles. The number of ether oxygens (including phenoxy) is 1. The van der Waals surface area contributed by atoms with Crippen molar-refractivity contribution >= 4 is 11.9 Å². The highest BCUT2D eigenvalue weighted by molar-refractivity contribution is 5.76. The maximum absolute atomic E-state index is 12.6. The Kier molecular flexibility index (Phi) is 6.27. The van der Waals surface area contributed by atoms with Gasteiger partial charge in [0.25, 0.3) is 0 Å². The Labute approximate surface area is 176 Å². The minimum absolute atomic E-state index is 0.0987. The van der Waals surface area contributed by atoms with Crippen LogP contribution in [0.3, 0.4) is 0 Å². The number of fused-ring (bicyclic) bond motifs is 1. The summed E-state index contributed by atoms with van der Waals surface area (Å²) in [6.07, 6.45) is 0.926. The van der Waals surface area contributed by atoms with Crippen LogP contribution in [0.2, 0.25) is 0 Å². The van der Waals surface area contributed by atoms with Gasteiger partial charge in [0.1, 0.15) is 0 Å². The highest BCUT2D eigenvalue weighted by Gasteiger charge is 2.25. The van der Waals surface area contributed by atoms with Crippen molar-refractivity contribution in [1.82, 2.24) is 30.1 Å². The largest absolute Gasteiger partial charge is 0.378 e. The van der Waals surface area contributed by atoms with E-state index in [2.05, 4.69) is 15.6 Å². The standard InChI is InChI=1S/C21H28N6O3/c1-16-2-4-17(5-3-16)14-22-21(29)26-8-9-27-19(15-26)18(23-24-27)6-7-20(28)25-10-12-30-13-11-25/h2-5H,6-15H2,1H3,(H,22,29). The molecule has 0 saturated carbocycles. The van der Waals surface area contributed by atoms with E-state index in [0.717, 1.165) is 17.0 Å². The Hall–Kier alpha value is -2.94. The smallest absolute Gasteiger partial charge is 0.318 e. The molecule has 0 spiro atoms. The van der Waals surface area contributed by atoms with Gasteiger partial charge in [-0.05, 0) is 12.5 Å². The lowest BCUT2D eigenvalue weighted by atomic mass is 10.1. The lowest BCUT2D eigenvalue weighted by Crippen LogP contribution is -2.44. The third-order valence-electron chi connectivity index (χ3n) is 5.63. The SMILES string of the molecule is Cc1ccc(CNC(=O)N2CCn3nnc(CCC(=O)N4CCOCC4)c3C2)cc1. The molecule has 0 atom stereocenters. The molecule has 30 heavy (non-hydrogen) atoms. The molecule has 1 fully saturated rings. The molecule has 2 aromatic rings. The number of nitrogens with one attached hydrogen (secondary N) is 1. The molecule has 0 radical (unpaired) electrons.